The molecule has 1 aliphatic heterocycles. The summed E-state index contributed by atoms with van der Waals surface area (Å²) in [5, 5.41) is 11.6. The van der Waals surface area contributed by atoms with Crippen molar-refractivity contribution >= 4 is 41.5 Å². The number of piperidine rings is 1. The fraction of sp³-hybridized carbons (Fsp3) is 0.609. The van der Waals surface area contributed by atoms with E-state index < -0.39 is 0 Å². The van der Waals surface area contributed by atoms with Crippen molar-refractivity contribution in [3.05, 3.63) is 46.6 Å². The maximum atomic E-state index is 6.27. The Bertz CT molecular complexity index is 859. The van der Waals surface area contributed by atoms with E-state index in [9.17, 15) is 0 Å². The van der Waals surface area contributed by atoms with Crippen molar-refractivity contribution in [1.29, 1.82) is 0 Å². The van der Waals surface area contributed by atoms with Crippen LogP contribution in [0, 0.1) is 5.92 Å². The van der Waals surface area contributed by atoms with E-state index in [2.05, 4.69) is 65.6 Å². The fourth-order valence-corrected chi connectivity index (χ4v) is 4.31. The minimum absolute atomic E-state index is 0. The predicted molar refractivity (Wildman–Crippen MR) is 141 cm³/mol. The van der Waals surface area contributed by atoms with Gasteiger partial charge in [-0.3, -0.25) is 9.89 Å². The lowest BCUT2D eigenvalue weighted by molar-refractivity contribution is 0.125. The highest BCUT2D eigenvalue weighted by molar-refractivity contribution is 14.0. The molecule has 32 heavy (non-hydrogen) atoms. The van der Waals surface area contributed by atoms with Crippen molar-refractivity contribution in [3.8, 4) is 0 Å². The van der Waals surface area contributed by atoms with Crippen LogP contribution in [-0.4, -0.2) is 54.2 Å². The van der Waals surface area contributed by atoms with E-state index in [1.165, 1.54) is 12.0 Å². The molecule has 2 heterocycles. The van der Waals surface area contributed by atoms with Crippen molar-refractivity contribution in [1.82, 2.24) is 25.7 Å². The minimum atomic E-state index is 0. The van der Waals surface area contributed by atoms with Crippen LogP contribution >= 0.6 is 35.6 Å². The second-order valence-corrected chi connectivity index (χ2v) is 8.92. The smallest absolute Gasteiger partial charge is 0.228 e. The molecule has 1 saturated heterocycles. The SMILES string of the molecule is CCNC(=NCC1CCCN(C)C1c1cccc(Cl)c1)NCCc1nc(C(C)C)no1.I. The fourth-order valence-electron chi connectivity index (χ4n) is 4.11. The van der Waals surface area contributed by atoms with Gasteiger partial charge in [-0.15, -0.1) is 24.0 Å². The van der Waals surface area contributed by atoms with Crippen LogP contribution in [0.25, 0.3) is 0 Å². The zero-order chi connectivity index (χ0) is 22.2. The summed E-state index contributed by atoms with van der Waals surface area (Å²) in [7, 11) is 2.20. The third-order valence-electron chi connectivity index (χ3n) is 5.66. The van der Waals surface area contributed by atoms with Gasteiger partial charge in [-0.05, 0) is 57.0 Å². The summed E-state index contributed by atoms with van der Waals surface area (Å²) in [4.78, 5) is 11.8. The molecule has 2 atom stereocenters. The number of likely N-dealkylation sites (tertiary alicyclic amines) is 1. The Morgan fingerprint density at radius 1 is 1.34 bits per heavy atom. The second-order valence-electron chi connectivity index (χ2n) is 8.48. The first-order chi connectivity index (χ1) is 15.0. The Morgan fingerprint density at radius 2 is 2.16 bits per heavy atom. The van der Waals surface area contributed by atoms with Crippen LogP contribution in [-0.2, 0) is 6.42 Å². The lowest BCUT2D eigenvalue weighted by atomic mass is 9.85. The van der Waals surface area contributed by atoms with E-state index in [0.29, 0.717) is 30.8 Å². The highest BCUT2D eigenvalue weighted by atomic mass is 127. The average molecular weight is 575 g/mol. The third kappa shape index (κ3) is 7.59. The van der Waals surface area contributed by atoms with Gasteiger partial charge < -0.3 is 15.2 Å². The van der Waals surface area contributed by atoms with E-state index >= 15 is 0 Å². The molecule has 0 saturated carbocycles. The number of halogens is 2. The molecule has 0 radical (unpaired) electrons. The molecule has 2 unspecified atom stereocenters. The molecule has 0 amide bonds. The largest absolute Gasteiger partial charge is 0.357 e. The minimum Gasteiger partial charge on any atom is -0.357 e. The van der Waals surface area contributed by atoms with Gasteiger partial charge in [0, 0.05) is 43.0 Å². The summed E-state index contributed by atoms with van der Waals surface area (Å²) in [5.74, 6) is 2.94. The molecule has 0 spiro atoms. The molecule has 0 bridgehead atoms. The Balaban J connectivity index is 0.00000363. The van der Waals surface area contributed by atoms with Crippen molar-refractivity contribution in [2.45, 2.75) is 52.0 Å². The maximum Gasteiger partial charge on any atom is 0.228 e. The molecule has 7 nitrogen and oxygen atoms in total. The molecule has 1 fully saturated rings. The number of rotatable bonds is 8. The van der Waals surface area contributed by atoms with Crippen LogP contribution in [0.3, 0.4) is 0 Å². The van der Waals surface area contributed by atoms with Gasteiger partial charge in [0.05, 0.1) is 0 Å². The lowest BCUT2D eigenvalue weighted by Gasteiger charge is -2.39. The first-order valence-electron chi connectivity index (χ1n) is 11.3. The third-order valence-corrected chi connectivity index (χ3v) is 5.89. The highest BCUT2D eigenvalue weighted by Crippen LogP contribution is 2.36. The summed E-state index contributed by atoms with van der Waals surface area (Å²) in [6.45, 7) is 9.55. The van der Waals surface area contributed by atoms with Crippen LogP contribution < -0.4 is 10.6 Å². The lowest BCUT2D eigenvalue weighted by Crippen LogP contribution is -2.40. The molecule has 2 aromatic rings. The summed E-state index contributed by atoms with van der Waals surface area (Å²) >= 11 is 6.27. The van der Waals surface area contributed by atoms with Crippen LogP contribution in [0.4, 0.5) is 0 Å². The number of hydrogen-bond acceptors (Lipinski definition) is 5. The Kier molecular flexibility index (Phi) is 11.2. The Morgan fingerprint density at radius 3 is 2.84 bits per heavy atom. The standard InChI is InChI=1S/C23H35ClN6O.HI/c1-5-25-23(26-12-11-20-28-22(16(2)3)29-31-20)27-15-18-9-7-13-30(4)21(18)17-8-6-10-19(24)14-17;/h6,8,10,14,16,18,21H,5,7,9,11-13,15H2,1-4H3,(H2,25,26,27);1H. The van der Waals surface area contributed by atoms with Gasteiger partial charge in [-0.2, -0.15) is 4.98 Å². The van der Waals surface area contributed by atoms with Gasteiger partial charge in [-0.1, -0.05) is 42.7 Å². The van der Waals surface area contributed by atoms with Gasteiger partial charge in [0.1, 0.15) is 0 Å². The molecule has 0 aliphatic carbocycles. The molecule has 2 N–H and O–H groups in total. The van der Waals surface area contributed by atoms with Crippen LogP contribution in [0.2, 0.25) is 5.02 Å². The van der Waals surface area contributed by atoms with E-state index in [0.717, 1.165) is 42.9 Å². The Labute approximate surface area is 213 Å². The molecule has 178 valence electrons. The van der Waals surface area contributed by atoms with E-state index in [-0.39, 0.29) is 29.9 Å². The van der Waals surface area contributed by atoms with Gasteiger partial charge in [-0.25, -0.2) is 0 Å². The number of nitrogens with zero attached hydrogens (tertiary/aromatic N) is 4. The summed E-state index contributed by atoms with van der Waals surface area (Å²) < 4.78 is 5.33. The average Bonchev–Trinajstić information content (AvgIpc) is 3.21. The van der Waals surface area contributed by atoms with E-state index in [1.54, 1.807) is 0 Å². The van der Waals surface area contributed by atoms with Crippen LogP contribution in [0.5, 0.6) is 0 Å². The highest BCUT2D eigenvalue weighted by Gasteiger charge is 2.30. The molecular weight excluding hydrogens is 539 g/mol. The number of hydrogen-bond donors (Lipinski definition) is 2. The van der Waals surface area contributed by atoms with E-state index in [4.69, 9.17) is 21.1 Å². The summed E-state index contributed by atoms with van der Waals surface area (Å²) in [6.07, 6.45) is 3.01. The summed E-state index contributed by atoms with van der Waals surface area (Å²) in [5.41, 5.74) is 1.27. The second kappa shape index (κ2) is 13.3. The maximum absolute atomic E-state index is 6.27. The normalized spacial score (nSPS) is 19.6. The van der Waals surface area contributed by atoms with Crippen molar-refractivity contribution in [2.24, 2.45) is 10.9 Å². The number of aliphatic imine (C=N–C) groups is 1. The zero-order valence-electron chi connectivity index (χ0n) is 19.5. The molecule has 1 aliphatic rings. The molecule has 1 aromatic carbocycles. The van der Waals surface area contributed by atoms with E-state index in [1.807, 2.05) is 12.1 Å². The zero-order valence-corrected chi connectivity index (χ0v) is 22.6. The van der Waals surface area contributed by atoms with Crippen molar-refractivity contribution in [2.75, 3.05) is 33.2 Å². The number of benzene rings is 1. The van der Waals surface area contributed by atoms with Crippen LogP contribution in [0.15, 0.2) is 33.8 Å². The predicted octanol–water partition coefficient (Wildman–Crippen LogP) is 4.65. The topological polar surface area (TPSA) is 78.6 Å². The van der Waals surface area contributed by atoms with Gasteiger partial charge in [0.25, 0.3) is 0 Å². The molecule has 9 heteroatoms. The van der Waals surface area contributed by atoms with Gasteiger partial charge in [0.2, 0.25) is 5.89 Å². The number of nitrogens with one attached hydrogen (secondary N) is 2. The molecule has 3 rings (SSSR count). The van der Waals surface area contributed by atoms with Crippen molar-refractivity contribution < 1.29 is 4.52 Å². The first kappa shape index (κ1) is 26.9. The first-order valence-corrected chi connectivity index (χ1v) is 11.7. The van der Waals surface area contributed by atoms with Crippen molar-refractivity contribution in [3.63, 3.8) is 0 Å². The summed E-state index contributed by atoms with van der Waals surface area (Å²) in [6, 6.07) is 8.56. The quantitative estimate of drug-likeness (QED) is 0.272. The number of guanidine groups is 1. The monoisotopic (exact) mass is 574 g/mol. The molecule has 1 aromatic heterocycles. The Hall–Kier alpha value is -1.39. The van der Waals surface area contributed by atoms with Gasteiger partial charge in [0.15, 0.2) is 11.8 Å². The molecular formula is C23H36ClIN6O. The van der Waals surface area contributed by atoms with Crippen LogP contribution in [0.1, 0.15) is 62.9 Å². The van der Waals surface area contributed by atoms with Gasteiger partial charge >= 0.3 is 0 Å². The number of aromatic nitrogens is 2.